The molecule has 0 aliphatic carbocycles. The molecular formula is C21H22BrF2N3O3. The van der Waals surface area contributed by atoms with E-state index >= 15 is 0 Å². The van der Waals surface area contributed by atoms with Gasteiger partial charge in [0.1, 0.15) is 17.4 Å². The lowest BCUT2D eigenvalue weighted by Crippen LogP contribution is -2.45. The number of fused-ring (bicyclic) bond motifs is 1. The number of nitrogens with zero attached hydrogens (tertiary/aromatic N) is 1. The largest absolute Gasteiger partial charge is 0.493 e. The summed E-state index contributed by atoms with van der Waals surface area (Å²) < 4.78 is 34.1. The van der Waals surface area contributed by atoms with Gasteiger partial charge in [0.2, 0.25) is 0 Å². The van der Waals surface area contributed by atoms with Crippen molar-refractivity contribution in [3.05, 3.63) is 57.6 Å². The summed E-state index contributed by atoms with van der Waals surface area (Å²) in [5.74, 6) is -0.232. The topological polar surface area (TPSA) is 73.8 Å². The highest BCUT2D eigenvalue weighted by molar-refractivity contribution is 9.10. The second-order valence-electron chi connectivity index (χ2n) is 7.54. The highest BCUT2D eigenvalue weighted by Crippen LogP contribution is 2.33. The molecule has 0 bridgehead atoms. The van der Waals surface area contributed by atoms with Crippen molar-refractivity contribution in [1.82, 2.24) is 10.6 Å². The summed E-state index contributed by atoms with van der Waals surface area (Å²) in [6.45, 7) is 2.17. The first-order valence-corrected chi connectivity index (χ1v) is 10.5. The first kappa shape index (κ1) is 21.0. The molecule has 1 fully saturated rings. The predicted molar refractivity (Wildman–Crippen MR) is 112 cm³/mol. The number of aliphatic hydroxyl groups excluding tert-OH is 1. The normalized spacial score (nSPS) is 16.7. The fourth-order valence-corrected chi connectivity index (χ4v) is 3.99. The molecule has 0 saturated carbocycles. The Hall–Kier alpha value is -2.23. The molecule has 1 atom stereocenters. The Morgan fingerprint density at radius 2 is 2.10 bits per heavy atom. The molecule has 2 heterocycles. The van der Waals surface area contributed by atoms with Gasteiger partial charge in [0.25, 0.3) is 0 Å². The second-order valence-corrected chi connectivity index (χ2v) is 8.39. The van der Waals surface area contributed by atoms with Crippen molar-refractivity contribution in [1.29, 1.82) is 0 Å². The highest BCUT2D eigenvalue weighted by Gasteiger charge is 2.28. The van der Waals surface area contributed by atoms with Crippen molar-refractivity contribution >= 4 is 27.6 Å². The van der Waals surface area contributed by atoms with Crippen LogP contribution in [0.4, 0.5) is 19.3 Å². The van der Waals surface area contributed by atoms with Gasteiger partial charge in [0, 0.05) is 31.6 Å². The molecule has 160 valence electrons. The number of urea groups is 1. The van der Waals surface area contributed by atoms with E-state index in [4.69, 9.17) is 4.74 Å². The summed E-state index contributed by atoms with van der Waals surface area (Å²) in [7, 11) is 0. The van der Waals surface area contributed by atoms with Crippen LogP contribution in [0.5, 0.6) is 5.75 Å². The van der Waals surface area contributed by atoms with Crippen molar-refractivity contribution in [3.63, 3.8) is 0 Å². The standard InChI is InChI=1S/C21H22BrF2N3O3/c22-17-5-13-1-2-27(20(13)7-18(17)24)21(29)26-19(10-28)14-3-15(23)6-16(4-14)30-11-12-8-25-9-12/h3-7,12,19,25,28H,1-2,8-11H2,(H,26,29). The number of nitrogens with one attached hydrogen (secondary N) is 2. The molecule has 0 spiro atoms. The van der Waals surface area contributed by atoms with E-state index in [1.165, 1.54) is 23.1 Å². The molecule has 30 heavy (non-hydrogen) atoms. The van der Waals surface area contributed by atoms with E-state index in [1.807, 2.05) is 0 Å². The Morgan fingerprint density at radius 3 is 2.80 bits per heavy atom. The Balaban J connectivity index is 1.48. The average Bonchev–Trinajstić information content (AvgIpc) is 3.07. The van der Waals surface area contributed by atoms with E-state index in [1.54, 1.807) is 12.1 Å². The Morgan fingerprint density at radius 1 is 1.30 bits per heavy atom. The molecule has 2 aromatic carbocycles. The average molecular weight is 482 g/mol. The first-order chi connectivity index (χ1) is 14.4. The number of halogens is 3. The summed E-state index contributed by atoms with van der Waals surface area (Å²) in [6, 6.07) is 5.81. The van der Waals surface area contributed by atoms with Gasteiger partial charge in [-0.05, 0) is 57.7 Å². The molecule has 2 amide bonds. The molecular weight excluding hydrogens is 460 g/mol. The number of carbonyl (C=O) groups excluding carboxylic acids is 1. The molecule has 0 radical (unpaired) electrons. The maximum atomic E-state index is 14.1. The van der Waals surface area contributed by atoms with Crippen LogP contribution in [-0.4, -0.2) is 44.0 Å². The Labute approximate surface area is 181 Å². The minimum Gasteiger partial charge on any atom is -0.493 e. The third kappa shape index (κ3) is 4.43. The summed E-state index contributed by atoms with van der Waals surface area (Å²) in [5, 5.41) is 15.7. The van der Waals surface area contributed by atoms with Crippen LogP contribution in [-0.2, 0) is 6.42 Å². The van der Waals surface area contributed by atoms with Crippen molar-refractivity contribution in [2.45, 2.75) is 12.5 Å². The van der Waals surface area contributed by atoms with Gasteiger partial charge in [0.15, 0.2) is 0 Å². The number of anilines is 1. The molecule has 9 heteroatoms. The Kier molecular flexibility index (Phi) is 6.21. The Bertz CT molecular complexity index is 955. The van der Waals surface area contributed by atoms with Crippen LogP contribution >= 0.6 is 15.9 Å². The van der Waals surface area contributed by atoms with Crippen molar-refractivity contribution in [2.24, 2.45) is 5.92 Å². The van der Waals surface area contributed by atoms with Gasteiger partial charge < -0.3 is 20.5 Å². The molecule has 4 rings (SSSR count). The zero-order chi connectivity index (χ0) is 21.3. The molecule has 2 aliphatic rings. The zero-order valence-electron chi connectivity index (χ0n) is 16.1. The van der Waals surface area contributed by atoms with Crippen molar-refractivity contribution in [2.75, 3.05) is 37.7 Å². The fourth-order valence-electron chi connectivity index (χ4n) is 3.60. The van der Waals surface area contributed by atoms with Crippen LogP contribution in [0, 0.1) is 17.6 Å². The summed E-state index contributed by atoms with van der Waals surface area (Å²) in [5.41, 5.74) is 1.74. The monoisotopic (exact) mass is 481 g/mol. The third-order valence-corrected chi connectivity index (χ3v) is 6.00. The summed E-state index contributed by atoms with van der Waals surface area (Å²) in [4.78, 5) is 14.2. The number of rotatable bonds is 6. The lowest BCUT2D eigenvalue weighted by molar-refractivity contribution is 0.197. The molecule has 2 aliphatic heterocycles. The third-order valence-electron chi connectivity index (χ3n) is 5.39. The van der Waals surface area contributed by atoms with Gasteiger partial charge in [0.05, 0.1) is 29.4 Å². The van der Waals surface area contributed by atoms with Gasteiger partial charge in [-0.25, -0.2) is 13.6 Å². The van der Waals surface area contributed by atoms with Crippen LogP contribution in [0.25, 0.3) is 0 Å². The summed E-state index contributed by atoms with van der Waals surface area (Å²) >= 11 is 3.15. The maximum Gasteiger partial charge on any atom is 0.322 e. The molecule has 1 unspecified atom stereocenters. The van der Waals surface area contributed by atoms with E-state index in [0.29, 0.717) is 47.0 Å². The van der Waals surface area contributed by atoms with Gasteiger partial charge >= 0.3 is 6.03 Å². The van der Waals surface area contributed by atoms with Crippen molar-refractivity contribution < 1.29 is 23.4 Å². The smallest absolute Gasteiger partial charge is 0.322 e. The van der Waals surface area contributed by atoms with E-state index in [2.05, 4.69) is 26.6 Å². The summed E-state index contributed by atoms with van der Waals surface area (Å²) in [6.07, 6.45) is 0.597. The van der Waals surface area contributed by atoms with Crippen LogP contribution in [0.1, 0.15) is 17.2 Å². The van der Waals surface area contributed by atoms with E-state index < -0.39 is 30.3 Å². The van der Waals surface area contributed by atoms with Gasteiger partial charge in [-0.15, -0.1) is 0 Å². The zero-order valence-corrected chi connectivity index (χ0v) is 17.7. The van der Waals surface area contributed by atoms with Crippen LogP contribution < -0.4 is 20.3 Å². The number of amides is 2. The number of hydrogen-bond donors (Lipinski definition) is 3. The lowest BCUT2D eigenvalue weighted by Gasteiger charge is -2.27. The number of benzene rings is 2. The second kappa shape index (κ2) is 8.87. The van der Waals surface area contributed by atoms with E-state index in [0.717, 1.165) is 18.7 Å². The van der Waals surface area contributed by atoms with Gasteiger partial charge in [-0.1, -0.05) is 0 Å². The molecule has 1 saturated heterocycles. The van der Waals surface area contributed by atoms with E-state index in [-0.39, 0.29) is 0 Å². The fraction of sp³-hybridized carbons (Fsp3) is 0.381. The quantitative estimate of drug-likeness (QED) is 0.592. The highest BCUT2D eigenvalue weighted by atomic mass is 79.9. The van der Waals surface area contributed by atoms with Crippen LogP contribution in [0.3, 0.4) is 0 Å². The number of ether oxygens (including phenoxy) is 1. The molecule has 0 aromatic heterocycles. The van der Waals surface area contributed by atoms with E-state index in [9.17, 15) is 18.7 Å². The predicted octanol–water partition coefficient (Wildman–Crippen LogP) is 3.13. The molecule has 6 nitrogen and oxygen atoms in total. The number of carbonyl (C=O) groups is 1. The lowest BCUT2D eigenvalue weighted by atomic mass is 10.1. The maximum absolute atomic E-state index is 14.1. The van der Waals surface area contributed by atoms with Crippen molar-refractivity contribution in [3.8, 4) is 5.75 Å². The number of hydrogen-bond acceptors (Lipinski definition) is 4. The number of aliphatic hydroxyl groups is 1. The van der Waals surface area contributed by atoms with Gasteiger partial charge in [-0.2, -0.15) is 0 Å². The first-order valence-electron chi connectivity index (χ1n) is 9.75. The molecule has 2 aromatic rings. The SMILES string of the molecule is O=C(NC(CO)c1cc(F)cc(OCC2CNC2)c1)N1CCc2cc(Br)c(F)cc21. The minimum atomic E-state index is -0.828. The van der Waals surface area contributed by atoms with Crippen LogP contribution in [0.2, 0.25) is 0 Å². The minimum absolute atomic E-state index is 0.349. The van der Waals surface area contributed by atoms with Gasteiger partial charge in [-0.3, -0.25) is 4.90 Å². The van der Waals surface area contributed by atoms with Crippen LogP contribution in [0.15, 0.2) is 34.8 Å². The molecule has 3 N–H and O–H groups in total.